The van der Waals surface area contributed by atoms with Gasteiger partial charge in [-0.2, -0.15) is 0 Å². The van der Waals surface area contributed by atoms with E-state index in [-0.39, 0.29) is 11.9 Å². The molecule has 0 saturated carbocycles. The van der Waals surface area contributed by atoms with E-state index < -0.39 is 0 Å². The Hall–Kier alpha value is -1.85. The van der Waals surface area contributed by atoms with Crippen LogP contribution in [0.1, 0.15) is 18.2 Å². The van der Waals surface area contributed by atoms with Crippen LogP contribution in [0.3, 0.4) is 0 Å². The molecule has 1 heterocycles. The fourth-order valence-corrected chi connectivity index (χ4v) is 2.22. The van der Waals surface area contributed by atoms with Crippen molar-refractivity contribution in [2.24, 2.45) is 0 Å². The SMILES string of the molecule is COCCNC(=O)C(C)NCc1c(C)oc2ccccc12. The third-order valence-corrected chi connectivity index (χ3v) is 3.48. The molecule has 2 aromatic rings. The number of carbonyl (C=O) groups is 1. The molecular weight excluding hydrogens is 268 g/mol. The molecule has 21 heavy (non-hydrogen) atoms. The first kappa shape index (κ1) is 15.5. The first-order valence-corrected chi connectivity index (χ1v) is 7.10. The number of rotatable bonds is 7. The zero-order valence-electron chi connectivity index (χ0n) is 12.7. The van der Waals surface area contributed by atoms with Crippen molar-refractivity contribution >= 4 is 16.9 Å². The van der Waals surface area contributed by atoms with Crippen molar-refractivity contribution in [3.8, 4) is 0 Å². The second kappa shape index (κ2) is 7.24. The number of amides is 1. The van der Waals surface area contributed by atoms with Gasteiger partial charge in [-0.3, -0.25) is 4.79 Å². The normalized spacial score (nSPS) is 12.5. The molecule has 0 radical (unpaired) electrons. The van der Waals surface area contributed by atoms with Crippen LogP contribution in [0.25, 0.3) is 11.0 Å². The number of methoxy groups -OCH3 is 1. The number of fused-ring (bicyclic) bond motifs is 1. The quantitative estimate of drug-likeness (QED) is 0.765. The molecular formula is C16H22N2O3. The summed E-state index contributed by atoms with van der Waals surface area (Å²) in [6.07, 6.45) is 0. The summed E-state index contributed by atoms with van der Waals surface area (Å²) in [5, 5.41) is 7.14. The molecule has 1 aromatic heterocycles. The maximum Gasteiger partial charge on any atom is 0.236 e. The lowest BCUT2D eigenvalue weighted by atomic mass is 10.1. The fraction of sp³-hybridized carbons (Fsp3) is 0.438. The average Bonchev–Trinajstić information content (AvgIpc) is 2.80. The number of hydrogen-bond donors (Lipinski definition) is 2. The Labute approximate surface area is 124 Å². The van der Waals surface area contributed by atoms with Crippen LogP contribution in [0, 0.1) is 6.92 Å². The van der Waals surface area contributed by atoms with Crippen molar-refractivity contribution in [1.82, 2.24) is 10.6 Å². The summed E-state index contributed by atoms with van der Waals surface area (Å²) in [6, 6.07) is 7.66. The van der Waals surface area contributed by atoms with E-state index in [1.807, 2.05) is 38.1 Å². The van der Waals surface area contributed by atoms with Crippen LogP contribution in [-0.4, -0.2) is 32.2 Å². The lowest BCUT2D eigenvalue weighted by Crippen LogP contribution is -2.42. The molecule has 114 valence electrons. The van der Waals surface area contributed by atoms with Gasteiger partial charge in [-0.25, -0.2) is 0 Å². The lowest BCUT2D eigenvalue weighted by Gasteiger charge is -2.13. The maximum absolute atomic E-state index is 11.9. The van der Waals surface area contributed by atoms with Gasteiger partial charge in [0.1, 0.15) is 11.3 Å². The molecule has 1 aromatic carbocycles. The van der Waals surface area contributed by atoms with Crippen molar-refractivity contribution < 1.29 is 13.9 Å². The second-order valence-electron chi connectivity index (χ2n) is 5.02. The smallest absolute Gasteiger partial charge is 0.236 e. The van der Waals surface area contributed by atoms with E-state index in [9.17, 15) is 4.79 Å². The van der Waals surface area contributed by atoms with Gasteiger partial charge in [-0.05, 0) is 19.9 Å². The fourth-order valence-electron chi connectivity index (χ4n) is 2.22. The van der Waals surface area contributed by atoms with Gasteiger partial charge in [0.15, 0.2) is 0 Å². The van der Waals surface area contributed by atoms with Crippen LogP contribution in [0.2, 0.25) is 0 Å². The van der Waals surface area contributed by atoms with Crippen molar-refractivity contribution in [2.45, 2.75) is 26.4 Å². The Bertz CT molecular complexity index is 607. The summed E-state index contributed by atoms with van der Waals surface area (Å²) >= 11 is 0. The van der Waals surface area contributed by atoms with Crippen LogP contribution in [0.5, 0.6) is 0 Å². The third-order valence-electron chi connectivity index (χ3n) is 3.48. The van der Waals surface area contributed by atoms with E-state index in [1.165, 1.54) is 0 Å². The molecule has 0 aliphatic heterocycles. The van der Waals surface area contributed by atoms with Crippen molar-refractivity contribution in [1.29, 1.82) is 0 Å². The van der Waals surface area contributed by atoms with Gasteiger partial charge in [0.25, 0.3) is 0 Å². The molecule has 0 aliphatic rings. The largest absolute Gasteiger partial charge is 0.461 e. The molecule has 1 atom stereocenters. The van der Waals surface area contributed by atoms with Crippen LogP contribution in [0.4, 0.5) is 0 Å². The van der Waals surface area contributed by atoms with E-state index in [2.05, 4.69) is 10.6 Å². The number of carbonyl (C=O) groups excluding carboxylic acids is 1. The zero-order valence-corrected chi connectivity index (χ0v) is 12.7. The summed E-state index contributed by atoms with van der Waals surface area (Å²) in [4.78, 5) is 11.9. The monoisotopic (exact) mass is 290 g/mol. The molecule has 1 unspecified atom stereocenters. The number of para-hydroxylation sites is 1. The highest BCUT2D eigenvalue weighted by molar-refractivity contribution is 5.83. The van der Waals surface area contributed by atoms with Crippen LogP contribution < -0.4 is 10.6 Å². The van der Waals surface area contributed by atoms with Gasteiger partial charge in [-0.15, -0.1) is 0 Å². The third kappa shape index (κ3) is 3.83. The molecule has 2 N–H and O–H groups in total. The highest BCUT2D eigenvalue weighted by Crippen LogP contribution is 2.24. The molecule has 5 nitrogen and oxygen atoms in total. The molecule has 1 amide bonds. The van der Waals surface area contributed by atoms with Gasteiger partial charge in [0.05, 0.1) is 12.6 Å². The van der Waals surface area contributed by atoms with Gasteiger partial charge in [0, 0.05) is 31.1 Å². The summed E-state index contributed by atoms with van der Waals surface area (Å²) < 4.78 is 10.6. The summed E-state index contributed by atoms with van der Waals surface area (Å²) in [6.45, 7) is 5.43. The Kier molecular flexibility index (Phi) is 5.36. The highest BCUT2D eigenvalue weighted by Gasteiger charge is 2.15. The van der Waals surface area contributed by atoms with Gasteiger partial charge >= 0.3 is 0 Å². The number of nitrogens with one attached hydrogen (secondary N) is 2. The Morgan fingerprint density at radius 3 is 2.90 bits per heavy atom. The van der Waals surface area contributed by atoms with Crippen molar-refractivity contribution in [2.75, 3.05) is 20.3 Å². The molecule has 5 heteroatoms. The maximum atomic E-state index is 11.9. The molecule has 0 fully saturated rings. The molecule has 2 rings (SSSR count). The Morgan fingerprint density at radius 2 is 2.14 bits per heavy atom. The zero-order chi connectivity index (χ0) is 15.2. The lowest BCUT2D eigenvalue weighted by molar-refractivity contribution is -0.122. The number of furan rings is 1. The standard InChI is InChI=1S/C16H22N2O3/c1-11(16(19)17-8-9-20-3)18-10-14-12(2)21-15-7-5-4-6-13(14)15/h4-7,11,18H,8-10H2,1-3H3,(H,17,19). The number of hydrogen-bond acceptors (Lipinski definition) is 4. The predicted molar refractivity (Wildman–Crippen MR) is 82.1 cm³/mol. The summed E-state index contributed by atoms with van der Waals surface area (Å²) in [5.41, 5.74) is 1.98. The molecule has 0 spiro atoms. The minimum atomic E-state index is -0.269. The Balaban J connectivity index is 1.95. The van der Waals surface area contributed by atoms with Gasteiger partial charge in [0.2, 0.25) is 5.91 Å². The average molecular weight is 290 g/mol. The van der Waals surface area contributed by atoms with E-state index in [1.54, 1.807) is 7.11 Å². The van der Waals surface area contributed by atoms with E-state index in [0.29, 0.717) is 19.7 Å². The minimum absolute atomic E-state index is 0.0301. The highest BCUT2D eigenvalue weighted by atomic mass is 16.5. The minimum Gasteiger partial charge on any atom is -0.461 e. The topological polar surface area (TPSA) is 63.5 Å². The summed E-state index contributed by atoms with van der Waals surface area (Å²) in [5.74, 6) is 0.855. The van der Waals surface area contributed by atoms with Crippen LogP contribution in [0.15, 0.2) is 28.7 Å². The van der Waals surface area contributed by atoms with E-state index in [4.69, 9.17) is 9.15 Å². The summed E-state index contributed by atoms with van der Waals surface area (Å²) in [7, 11) is 1.61. The molecule has 0 saturated heterocycles. The second-order valence-corrected chi connectivity index (χ2v) is 5.02. The number of ether oxygens (including phenoxy) is 1. The van der Waals surface area contributed by atoms with Crippen molar-refractivity contribution in [3.63, 3.8) is 0 Å². The predicted octanol–water partition coefficient (Wildman–Crippen LogP) is 1.98. The van der Waals surface area contributed by atoms with Gasteiger partial charge in [-0.1, -0.05) is 18.2 Å². The first-order chi connectivity index (χ1) is 10.1. The molecule has 0 aliphatic carbocycles. The number of benzene rings is 1. The number of aryl methyl sites for hydroxylation is 1. The first-order valence-electron chi connectivity index (χ1n) is 7.10. The van der Waals surface area contributed by atoms with Crippen LogP contribution >= 0.6 is 0 Å². The van der Waals surface area contributed by atoms with E-state index >= 15 is 0 Å². The van der Waals surface area contributed by atoms with Gasteiger partial charge < -0.3 is 19.8 Å². The van der Waals surface area contributed by atoms with Crippen LogP contribution in [-0.2, 0) is 16.1 Å². The Morgan fingerprint density at radius 1 is 1.38 bits per heavy atom. The van der Waals surface area contributed by atoms with E-state index in [0.717, 1.165) is 22.3 Å². The van der Waals surface area contributed by atoms with Crippen molar-refractivity contribution in [3.05, 3.63) is 35.6 Å². The molecule has 0 bridgehead atoms.